The molecule has 9 heteroatoms. The predicted molar refractivity (Wildman–Crippen MR) is 98.8 cm³/mol. The number of quaternary nitrogens is 1. The minimum Gasteiger partial charge on any atom is -0.382 e. The summed E-state index contributed by atoms with van der Waals surface area (Å²) in [6, 6.07) is 14.7. The number of nitrogens with one attached hydrogen (secondary N) is 1. The second-order valence-corrected chi connectivity index (χ2v) is 8.42. The van der Waals surface area contributed by atoms with Gasteiger partial charge in [0.05, 0.1) is 31.1 Å². The third-order valence-corrected chi connectivity index (χ3v) is 6.72. The molecule has 2 aromatic rings. The van der Waals surface area contributed by atoms with E-state index in [4.69, 9.17) is 0 Å². The minimum absolute atomic E-state index is 0.255. The van der Waals surface area contributed by atoms with Crippen LogP contribution in [0, 0.1) is 10.1 Å². The van der Waals surface area contributed by atoms with Gasteiger partial charge in [0.25, 0.3) is 5.69 Å². The van der Waals surface area contributed by atoms with Gasteiger partial charge in [-0.1, -0.05) is 42.5 Å². The Bertz CT molecular complexity index is 896. The van der Waals surface area contributed by atoms with Crippen LogP contribution in [0.3, 0.4) is 0 Å². The fourth-order valence-corrected chi connectivity index (χ4v) is 4.88. The quantitative estimate of drug-likeness (QED) is 0.540. The smallest absolute Gasteiger partial charge is 0.289 e. The highest BCUT2D eigenvalue weighted by Gasteiger charge is 2.35. The summed E-state index contributed by atoms with van der Waals surface area (Å²) >= 11 is 0. The van der Waals surface area contributed by atoms with Gasteiger partial charge in [-0.2, -0.15) is 4.31 Å². The van der Waals surface area contributed by atoms with Gasteiger partial charge in [0.15, 0.2) is 4.90 Å². The van der Waals surface area contributed by atoms with E-state index >= 15 is 0 Å². The van der Waals surface area contributed by atoms with E-state index in [0.717, 1.165) is 10.5 Å². The number of benzene rings is 2. The Morgan fingerprint density at radius 3 is 2.30 bits per heavy atom. The number of rotatable bonds is 6. The molecule has 0 unspecified atom stereocenters. The van der Waals surface area contributed by atoms with Gasteiger partial charge in [-0.3, -0.25) is 10.1 Å². The third-order valence-electron chi connectivity index (χ3n) is 4.78. The molecular formula is C18H22N3O5S+. The van der Waals surface area contributed by atoms with Gasteiger partial charge in [-0.25, -0.2) is 8.42 Å². The first-order valence-electron chi connectivity index (χ1n) is 8.70. The summed E-state index contributed by atoms with van der Waals surface area (Å²) in [7, 11) is -3.93. The van der Waals surface area contributed by atoms with Crippen LogP contribution in [0.1, 0.15) is 11.7 Å². The lowest BCUT2D eigenvalue weighted by Crippen LogP contribution is -3.15. The largest absolute Gasteiger partial charge is 0.382 e. The number of hydrogen-bond donors (Lipinski definition) is 2. The zero-order chi connectivity index (χ0) is 19.4. The molecule has 1 aliphatic rings. The summed E-state index contributed by atoms with van der Waals surface area (Å²) < 4.78 is 26.9. The number of nitrogens with zero attached hydrogens (tertiary/aromatic N) is 2. The SMILES string of the molecule is O=[N+]([O-])c1ccccc1S(=O)(=O)N1CC[NH+](C[C@@H](O)c2ccccc2)CC1. The van der Waals surface area contributed by atoms with Gasteiger partial charge in [-0.15, -0.1) is 0 Å². The zero-order valence-electron chi connectivity index (χ0n) is 14.7. The summed E-state index contributed by atoms with van der Waals surface area (Å²) in [5.41, 5.74) is 0.423. The van der Waals surface area contributed by atoms with Crippen LogP contribution in [0.15, 0.2) is 59.5 Å². The molecular weight excluding hydrogens is 370 g/mol. The summed E-state index contributed by atoms with van der Waals surface area (Å²) in [6.07, 6.45) is -0.612. The van der Waals surface area contributed by atoms with Crippen molar-refractivity contribution in [2.24, 2.45) is 0 Å². The fourth-order valence-electron chi connectivity index (χ4n) is 3.28. The second-order valence-electron chi connectivity index (χ2n) is 6.51. The van der Waals surface area contributed by atoms with Crippen LogP contribution >= 0.6 is 0 Å². The Morgan fingerprint density at radius 2 is 1.67 bits per heavy atom. The van der Waals surface area contributed by atoms with Gasteiger partial charge in [0, 0.05) is 6.07 Å². The van der Waals surface area contributed by atoms with Crippen LogP contribution in [0.2, 0.25) is 0 Å². The van der Waals surface area contributed by atoms with Gasteiger partial charge in [-0.05, 0) is 11.6 Å². The molecule has 0 aromatic heterocycles. The van der Waals surface area contributed by atoms with E-state index in [2.05, 4.69) is 0 Å². The Kier molecular flexibility index (Phi) is 5.85. The molecule has 2 N–H and O–H groups in total. The first kappa shape index (κ1) is 19.4. The molecule has 8 nitrogen and oxygen atoms in total. The van der Waals surface area contributed by atoms with Gasteiger partial charge in [0.2, 0.25) is 10.0 Å². The number of hydrogen-bond acceptors (Lipinski definition) is 5. The van der Waals surface area contributed by atoms with E-state index < -0.39 is 26.7 Å². The summed E-state index contributed by atoms with van der Waals surface area (Å²) in [6.45, 7) is 2.06. The number of para-hydroxylation sites is 1. The van der Waals surface area contributed by atoms with Crippen molar-refractivity contribution in [1.29, 1.82) is 0 Å². The number of aliphatic hydroxyl groups excluding tert-OH is 1. The number of sulfonamides is 1. The van der Waals surface area contributed by atoms with Crippen LogP contribution in [-0.2, 0) is 10.0 Å². The molecule has 1 aliphatic heterocycles. The van der Waals surface area contributed by atoms with Crippen molar-refractivity contribution < 1.29 is 23.3 Å². The van der Waals surface area contributed by atoms with E-state index in [-0.39, 0.29) is 18.0 Å². The van der Waals surface area contributed by atoms with E-state index in [1.54, 1.807) is 0 Å². The topological polar surface area (TPSA) is 105 Å². The van der Waals surface area contributed by atoms with E-state index in [9.17, 15) is 23.6 Å². The third kappa shape index (κ3) is 4.33. The molecule has 3 rings (SSSR count). The Labute approximate surface area is 157 Å². The summed E-state index contributed by atoms with van der Waals surface area (Å²) in [5.74, 6) is 0. The Morgan fingerprint density at radius 1 is 1.07 bits per heavy atom. The average molecular weight is 392 g/mol. The first-order valence-corrected chi connectivity index (χ1v) is 10.1. The molecule has 144 valence electrons. The fraction of sp³-hybridized carbons (Fsp3) is 0.333. The highest BCUT2D eigenvalue weighted by molar-refractivity contribution is 7.89. The molecule has 1 fully saturated rings. The highest BCUT2D eigenvalue weighted by atomic mass is 32.2. The van der Waals surface area contributed by atoms with Gasteiger partial charge >= 0.3 is 0 Å². The number of nitro benzene ring substituents is 1. The Balaban J connectivity index is 1.66. The molecule has 1 heterocycles. The maximum atomic E-state index is 12.8. The molecule has 1 saturated heterocycles. The summed E-state index contributed by atoms with van der Waals surface area (Å²) in [5, 5.41) is 21.5. The van der Waals surface area contributed by atoms with E-state index in [1.807, 2.05) is 30.3 Å². The molecule has 2 aromatic carbocycles. The minimum atomic E-state index is -3.93. The van der Waals surface area contributed by atoms with E-state index in [1.165, 1.54) is 28.6 Å². The lowest BCUT2D eigenvalue weighted by atomic mass is 10.1. The number of piperazine rings is 1. The molecule has 27 heavy (non-hydrogen) atoms. The van der Waals surface area contributed by atoms with Crippen LogP contribution in [0.5, 0.6) is 0 Å². The molecule has 0 bridgehead atoms. The predicted octanol–water partition coefficient (Wildman–Crippen LogP) is 0.218. The summed E-state index contributed by atoms with van der Waals surface area (Å²) in [4.78, 5) is 11.3. The Hall–Kier alpha value is -2.33. The van der Waals surface area contributed by atoms with Crippen molar-refractivity contribution in [3.8, 4) is 0 Å². The highest BCUT2D eigenvalue weighted by Crippen LogP contribution is 2.26. The second kappa shape index (κ2) is 8.13. The van der Waals surface area contributed by atoms with Crippen LogP contribution < -0.4 is 4.90 Å². The molecule has 0 radical (unpaired) electrons. The van der Waals surface area contributed by atoms with Crippen LogP contribution in [-0.4, -0.2) is 55.5 Å². The van der Waals surface area contributed by atoms with Crippen molar-refractivity contribution in [3.05, 3.63) is 70.3 Å². The monoisotopic (exact) mass is 392 g/mol. The first-order chi connectivity index (χ1) is 12.9. The molecule has 0 aliphatic carbocycles. The van der Waals surface area contributed by atoms with Crippen LogP contribution in [0.4, 0.5) is 5.69 Å². The van der Waals surface area contributed by atoms with Crippen molar-refractivity contribution in [3.63, 3.8) is 0 Å². The van der Waals surface area contributed by atoms with Gasteiger partial charge < -0.3 is 10.0 Å². The normalized spacial score (nSPS) is 17.5. The lowest BCUT2D eigenvalue weighted by Gasteiger charge is -2.32. The molecule has 0 saturated carbocycles. The van der Waals surface area contributed by atoms with E-state index in [0.29, 0.717) is 19.6 Å². The number of aliphatic hydroxyl groups is 1. The van der Waals surface area contributed by atoms with Crippen LogP contribution in [0.25, 0.3) is 0 Å². The maximum Gasteiger partial charge on any atom is 0.289 e. The molecule has 0 amide bonds. The maximum absolute atomic E-state index is 12.8. The van der Waals surface area contributed by atoms with Crippen molar-refractivity contribution >= 4 is 15.7 Å². The molecule has 1 atom stereocenters. The van der Waals surface area contributed by atoms with Gasteiger partial charge in [0.1, 0.15) is 12.6 Å². The molecule has 0 spiro atoms. The van der Waals surface area contributed by atoms with Crippen molar-refractivity contribution in [1.82, 2.24) is 4.31 Å². The standard InChI is InChI=1S/C18H21N3O5S/c22-17(15-6-2-1-3-7-15)14-19-10-12-20(13-11-19)27(25,26)18-9-5-4-8-16(18)21(23)24/h1-9,17,22H,10-14H2/p+1/t17-/m1/s1. The average Bonchev–Trinajstić information content (AvgIpc) is 2.69. The number of nitro groups is 1. The lowest BCUT2D eigenvalue weighted by molar-refractivity contribution is -0.907. The zero-order valence-corrected chi connectivity index (χ0v) is 15.5. The van der Waals surface area contributed by atoms with Crippen molar-refractivity contribution in [2.75, 3.05) is 32.7 Å². The van der Waals surface area contributed by atoms with Crippen molar-refractivity contribution in [2.45, 2.75) is 11.0 Å².